The molecule has 1 aromatic carbocycles. The highest BCUT2D eigenvalue weighted by atomic mass is 35.5. The number of ether oxygens (including phenoxy) is 1. The van der Waals surface area contributed by atoms with Gasteiger partial charge in [0.15, 0.2) is 0 Å². The van der Waals surface area contributed by atoms with Crippen molar-refractivity contribution < 1.29 is 17.9 Å². The number of carbonyl (C=O) groups is 1. The van der Waals surface area contributed by atoms with E-state index >= 15 is 0 Å². The lowest BCUT2D eigenvalue weighted by Gasteiger charge is -2.07. The molecule has 2 aromatic heterocycles. The maximum atomic E-state index is 12.1. The average molecular weight is 428 g/mol. The number of aromatic nitrogens is 2. The first kappa shape index (κ1) is 19.6. The van der Waals surface area contributed by atoms with Gasteiger partial charge in [-0.05, 0) is 36.4 Å². The minimum absolute atomic E-state index is 0.0118. The van der Waals surface area contributed by atoms with E-state index in [0.29, 0.717) is 21.4 Å². The van der Waals surface area contributed by atoms with Crippen molar-refractivity contribution in [3.63, 3.8) is 0 Å². The van der Waals surface area contributed by atoms with Crippen LogP contribution in [-0.2, 0) is 26.2 Å². The molecule has 0 bridgehead atoms. The minimum Gasteiger partial charge on any atom is -0.459 e. The van der Waals surface area contributed by atoms with E-state index in [0.717, 1.165) is 0 Å². The number of halogens is 2. The lowest BCUT2D eigenvalue weighted by molar-refractivity contribution is -0.144. The second-order valence-corrected chi connectivity index (χ2v) is 8.25. The Morgan fingerprint density at radius 2 is 1.78 bits per heavy atom. The van der Waals surface area contributed by atoms with E-state index in [1.54, 1.807) is 28.9 Å². The van der Waals surface area contributed by atoms with Crippen LogP contribution in [0.2, 0.25) is 10.0 Å². The second-order valence-electron chi connectivity index (χ2n) is 5.61. The van der Waals surface area contributed by atoms with E-state index in [-0.39, 0.29) is 24.5 Å². The van der Waals surface area contributed by atoms with E-state index in [4.69, 9.17) is 27.9 Å². The number of nitrogens with zero attached hydrogens (tertiary/aromatic N) is 2. The molecule has 27 heavy (non-hydrogen) atoms. The Balaban J connectivity index is 1.48. The second kappa shape index (κ2) is 8.26. The first-order chi connectivity index (χ1) is 12.8. The predicted octanol–water partition coefficient (Wildman–Crippen LogP) is 3.05. The topological polar surface area (TPSA) is 89.8 Å². The molecule has 0 saturated heterocycles. The fourth-order valence-corrected chi connectivity index (χ4v) is 3.62. The van der Waals surface area contributed by atoms with Gasteiger partial charge in [-0.1, -0.05) is 23.2 Å². The van der Waals surface area contributed by atoms with Crippen LogP contribution in [0.3, 0.4) is 0 Å². The molecule has 0 unspecified atom stereocenters. The quantitative estimate of drug-likeness (QED) is 0.585. The van der Waals surface area contributed by atoms with Crippen LogP contribution in [0.25, 0.3) is 5.65 Å². The first-order valence-electron chi connectivity index (χ1n) is 7.87. The number of imidazole rings is 1. The third-order valence-corrected chi connectivity index (χ3v) is 5.54. The van der Waals surface area contributed by atoms with Crippen LogP contribution in [-0.4, -0.2) is 30.3 Å². The van der Waals surface area contributed by atoms with Crippen LogP contribution in [0.15, 0.2) is 53.7 Å². The number of nitrogens with one attached hydrogen (secondary N) is 1. The standard InChI is InChI=1S/C17H15Cl2N3O4S/c18-12-1-4-15(5-2-12)27(24,25)20-8-7-17(23)26-11-14-10-22-9-13(19)3-6-16(22)21-14/h1-6,9-10,20H,7-8,11H2. The lowest BCUT2D eigenvalue weighted by Crippen LogP contribution is -2.26. The molecule has 7 nitrogen and oxygen atoms in total. The summed E-state index contributed by atoms with van der Waals surface area (Å²) in [5.41, 5.74) is 1.24. The van der Waals surface area contributed by atoms with Crippen LogP contribution >= 0.6 is 23.2 Å². The van der Waals surface area contributed by atoms with E-state index in [1.807, 2.05) is 0 Å². The summed E-state index contributed by atoms with van der Waals surface area (Å²) in [5.74, 6) is -0.538. The van der Waals surface area contributed by atoms with E-state index in [2.05, 4.69) is 9.71 Å². The first-order valence-corrected chi connectivity index (χ1v) is 10.1. The Bertz CT molecular complexity index is 1070. The number of pyridine rings is 1. The van der Waals surface area contributed by atoms with Gasteiger partial charge in [-0.2, -0.15) is 0 Å². The smallest absolute Gasteiger partial charge is 0.307 e. The van der Waals surface area contributed by atoms with Gasteiger partial charge in [0.1, 0.15) is 12.3 Å². The number of fused-ring (bicyclic) bond motifs is 1. The van der Waals surface area contributed by atoms with Crippen LogP contribution < -0.4 is 4.72 Å². The Morgan fingerprint density at radius 1 is 1.07 bits per heavy atom. The summed E-state index contributed by atoms with van der Waals surface area (Å²) in [6.07, 6.45) is 3.30. The largest absolute Gasteiger partial charge is 0.459 e. The van der Waals surface area contributed by atoms with E-state index in [1.165, 1.54) is 24.3 Å². The molecule has 3 rings (SSSR count). The third-order valence-electron chi connectivity index (χ3n) is 3.59. The predicted molar refractivity (Wildman–Crippen MR) is 101 cm³/mol. The molecular weight excluding hydrogens is 413 g/mol. The fraction of sp³-hybridized carbons (Fsp3) is 0.176. The molecule has 0 radical (unpaired) electrons. The summed E-state index contributed by atoms with van der Waals surface area (Å²) in [7, 11) is -3.71. The number of sulfonamides is 1. The molecule has 0 saturated carbocycles. The van der Waals surface area contributed by atoms with Crippen molar-refractivity contribution in [2.75, 3.05) is 6.54 Å². The molecule has 0 amide bonds. The van der Waals surface area contributed by atoms with Crippen molar-refractivity contribution in [3.8, 4) is 0 Å². The van der Waals surface area contributed by atoms with Crippen molar-refractivity contribution >= 4 is 44.8 Å². The van der Waals surface area contributed by atoms with Crippen molar-refractivity contribution in [1.82, 2.24) is 14.1 Å². The highest BCUT2D eigenvalue weighted by Gasteiger charge is 2.14. The summed E-state index contributed by atoms with van der Waals surface area (Å²) in [5, 5.41) is 1.00. The van der Waals surface area contributed by atoms with Crippen LogP contribution in [0, 0.1) is 0 Å². The molecule has 1 N–H and O–H groups in total. The lowest BCUT2D eigenvalue weighted by atomic mass is 10.4. The summed E-state index contributed by atoms with van der Waals surface area (Å²) in [6.45, 7) is -0.0906. The summed E-state index contributed by atoms with van der Waals surface area (Å²) in [4.78, 5) is 16.2. The zero-order valence-electron chi connectivity index (χ0n) is 13.9. The molecule has 0 spiro atoms. The van der Waals surface area contributed by atoms with Crippen molar-refractivity contribution in [3.05, 3.63) is 64.5 Å². The molecule has 0 atom stereocenters. The SMILES string of the molecule is O=C(CCNS(=O)(=O)c1ccc(Cl)cc1)OCc1cn2cc(Cl)ccc2n1. The van der Waals surface area contributed by atoms with Gasteiger partial charge >= 0.3 is 5.97 Å². The molecule has 10 heteroatoms. The van der Waals surface area contributed by atoms with Gasteiger partial charge in [0, 0.05) is 24.0 Å². The molecular formula is C17H15Cl2N3O4S. The normalized spacial score (nSPS) is 11.6. The molecule has 0 aliphatic heterocycles. The summed E-state index contributed by atoms with van der Waals surface area (Å²) >= 11 is 11.6. The number of hydrogen-bond donors (Lipinski definition) is 1. The van der Waals surface area contributed by atoms with Gasteiger partial charge in [-0.25, -0.2) is 18.1 Å². The van der Waals surface area contributed by atoms with Gasteiger partial charge in [-0.15, -0.1) is 0 Å². The van der Waals surface area contributed by atoms with Crippen LogP contribution in [0.4, 0.5) is 0 Å². The highest BCUT2D eigenvalue weighted by Crippen LogP contribution is 2.14. The van der Waals surface area contributed by atoms with Crippen molar-refractivity contribution in [2.24, 2.45) is 0 Å². The number of esters is 1. The Morgan fingerprint density at radius 3 is 2.52 bits per heavy atom. The fourth-order valence-electron chi connectivity index (χ4n) is 2.30. The summed E-state index contributed by atoms with van der Waals surface area (Å²) in [6, 6.07) is 9.20. The van der Waals surface area contributed by atoms with E-state index < -0.39 is 16.0 Å². The Kier molecular flexibility index (Phi) is 6.01. The van der Waals surface area contributed by atoms with Gasteiger partial charge in [-0.3, -0.25) is 4.79 Å². The van der Waals surface area contributed by atoms with Gasteiger partial charge in [0.05, 0.1) is 22.0 Å². The van der Waals surface area contributed by atoms with Crippen LogP contribution in [0.1, 0.15) is 12.1 Å². The highest BCUT2D eigenvalue weighted by molar-refractivity contribution is 7.89. The molecule has 2 heterocycles. The maximum Gasteiger partial charge on any atom is 0.307 e. The molecule has 0 fully saturated rings. The van der Waals surface area contributed by atoms with Gasteiger partial charge < -0.3 is 9.14 Å². The molecule has 142 valence electrons. The zero-order chi connectivity index (χ0) is 19.4. The molecule has 0 aliphatic carbocycles. The summed E-state index contributed by atoms with van der Waals surface area (Å²) < 4.78 is 33.4. The average Bonchev–Trinajstić information content (AvgIpc) is 3.02. The third kappa shape index (κ3) is 5.20. The molecule has 0 aliphatic rings. The molecule has 3 aromatic rings. The minimum atomic E-state index is -3.71. The van der Waals surface area contributed by atoms with Crippen LogP contribution in [0.5, 0.6) is 0 Å². The number of carbonyl (C=O) groups excluding carboxylic acids is 1. The maximum absolute atomic E-state index is 12.1. The Labute approximate surface area is 165 Å². The van der Waals surface area contributed by atoms with E-state index in [9.17, 15) is 13.2 Å². The van der Waals surface area contributed by atoms with Crippen molar-refractivity contribution in [2.45, 2.75) is 17.9 Å². The van der Waals surface area contributed by atoms with Crippen molar-refractivity contribution in [1.29, 1.82) is 0 Å². The number of rotatable bonds is 7. The van der Waals surface area contributed by atoms with Gasteiger partial charge in [0.2, 0.25) is 10.0 Å². The number of benzene rings is 1. The monoisotopic (exact) mass is 427 g/mol. The zero-order valence-corrected chi connectivity index (χ0v) is 16.3. The Hall–Kier alpha value is -2.13. The van der Waals surface area contributed by atoms with Gasteiger partial charge in [0.25, 0.3) is 0 Å². The number of hydrogen-bond acceptors (Lipinski definition) is 5.